The number of hydrogen-bond acceptors (Lipinski definition) is 7. The van der Waals surface area contributed by atoms with E-state index in [1.807, 2.05) is 31.2 Å². The minimum absolute atomic E-state index is 0.0151. The number of nitrogens with one attached hydrogen (secondary N) is 2. The summed E-state index contributed by atoms with van der Waals surface area (Å²) in [6, 6.07) is 14.6. The van der Waals surface area contributed by atoms with Crippen LogP contribution in [0.5, 0.6) is 0 Å². The van der Waals surface area contributed by atoms with Gasteiger partial charge in [0.05, 0.1) is 6.54 Å². The SMILES string of the molecule is Cc1ccnc(Nc2cc(N3CCN(C(=O)CNC(=O)c4ccccc4)CC3)ncn2)c1. The monoisotopic (exact) mass is 431 g/mol. The largest absolute Gasteiger partial charge is 0.353 e. The number of piperazine rings is 1. The summed E-state index contributed by atoms with van der Waals surface area (Å²) in [4.78, 5) is 41.5. The van der Waals surface area contributed by atoms with Crippen molar-refractivity contribution in [3.05, 3.63) is 72.2 Å². The first-order valence-electron chi connectivity index (χ1n) is 10.5. The fourth-order valence-corrected chi connectivity index (χ4v) is 3.47. The Morgan fingerprint density at radius 3 is 2.44 bits per heavy atom. The molecule has 1 fully saturated rings. The smallest absolute Gasteiger partial charge is 0.251 e. The van der Waals surface area contributed by atoms with Crippen molar-refractivity contribution >= 4 is 29.3 Å². The minimum Gasteiger partial charge on any atom is -0.353 e. The van der Waals surface area contributed by atoms with E-state index in [1.54, 1.807) is 35.4 Å². The number of aryl methyl sites for hydroxylation is 1. The summed E-state index contributed by atoms with van der Waals surface area (Å²) in [7, 11) is 0. The zero-order valence-corrected chi connectivity index (χ0v) is 17.9. The number of anilines is 3. The summed E-state index contributed by atoms with van der Waals surface area (Å²) in [6.45, 7) is 4.42. The Hall–Kier alpha value is -4.01. The molecule has 2 amide bonds. The number of amides is 2. The maximum Gasteiger partial charge on any atom is 0.251 e. The van der Waals surface area contributed by atoms with Gasteiger partial charge in [-0.1, -0.05) is 18.2 Å². The molecule has 0 aliphatic carbocycles. The molecular weight excluding hydrogens is 406 g/mol. The fraction of sp³-hybridized carbons (Fsp3) is 0.261. The van der Waals surface area contributed by atoms with Crippen molar-refractivity contribution in [3.8, 4) is 0 Å². The van der Waals surface area contributed by atoms with E-state index < -0.39 is 0 Å². The van der Waals surface area contributed by atoms with E-state index >= 15 is 0 Å². The van der Waals surface area contributed by atoms with E-state index in [0.29, 0.717) is 37.6 Å². The van der Waals surface area contributed by atoms with Gasteiger partial charge in [0.1, 0.15) is 23.8 Å². The summed E-state index contributed by atoms with van der Waals surface area (Å²) in [5, 5.41) is 5.89. The highest BCUT2D eigenvalue weighted by molar-refractivity contribution is 5.96. The molecule has 32 heavy (non-hydrogen) atoms. The van der Waals surface area contributed by atoms with E-state index in [2.05, 4.69) is 30.5 Å². The molecule has 3 aromatic rings. The molecule has 3 heterocycles. The molecule has 9 heteroatoms. The van der Waals surface area contributed by atoms with E-state index in [4.69, 9.17) is 0 Å². The zero-order chi connectivity index (χ0) is 22.3. The standard InChI is InChI=1S/C23H25N7O2/c1-17-7-8-24-19(13-17)28-20-14-21(27-16-26-20)29-9-11-30(12-10-29)22(31)15-25-23(32)18-5-3-2-4-6-18/h2-8,13-14,16H,9-12,15H2,1H3,(H,25,32)(H,24,26,27,28). The van der Waals surface area contributed by atoms with Crippen molar-refractivity contribution in [2.45, 2.75) is 6.92 Å². The summed E-state index contributed by atoms with van der Waals surface area (Å²) < 4.78 is 0. The van der Waals surface area contributed by atoms with Crippen molar-refractivity contribution in [2.75, 3.05) is 42.9 Å². The highest BCUT2D eigenvalue weighted by Gasteiger charge is 2.22. The minimum atomic E-state index is -0.248. The lowest BCUT2D eigenvalue weighted by molar-refractivity contribution is -0.130. The Kier molecular flexibility index (Phi) is 6.54. The summed E-state index contributed by atoms with van der Waals surface area (Å²) in [6.07, 6.45) is 3.27. The van der Waals surface area contributed by atoms with Crippen LogP contribution in [0, 0.1) is 6.92 Å². The van der Waals surface area contributed by atoms with Crippen molar-refractivity contribution < 1.29 is 9.59 Å². The number of hydrogen-bond donors (Lipinski definition) is 2. The fourth-order valence-electron chi connectivity index (χ4n) is 3.47. The maximum absolute atomic E-state index is 12.5. The van der Waals surface area contributed by atoms with Crippen LogP contribution in [0.3, 0.4) is 0 Å². The van der Waals surface area contributed by atoms with Crippen LogP contribution < -0.4 is 15.5 Å². The van der Waals surface area contributed by atoms with Crippen LogP contribution in [0.4, 0.5) is 17.5 Å². The van der Waals surface area contributed by atoms with Crippen LogP contribution in [0.15, 0.2) is 61.1 Å². The average Bonchev–Trinajstić information content (AvgIpc) is 2.83. The molecular formula is C23H25N7O2. The molecule has 4 rings (SSSR count). The van der Waals surface area contributed by atoms with Gasteiger partial charge in [0, 0.05) is 44.0 Å². The molecule has 0 radical (unpaired) electrons. The molecule has 0 saturated carbocycles. The molecule has 0 unspecified atom stereocenters. The number of nitrogens with zero attached hydrogens (tertiary/aromatic N) is 5. The topological polar surface area (TPSA) is 103 Å². The number of carbonyl (C=O) groups excluding carboxylic acids is 2. The van der Waals surface area contributed by atoms with Crippen LogP contribution in [-0.4, -0.2) is 64.4 Å². The first kappa shape index (κ1) is 21.2. The maximum atomic E-state index is 12.5. The van der Waals surface area contributed by atoms with Crippen LogP contribution in [0.1, 0.15) is 15.9 Å². The molecule has 1 aliphatic rings. The highest BCUT2D eigenvalue weighted by Crippen LogP contribution is 2.19. The first-order valence-corrected chi connectivity index (χ1v) is 10.5. The van der Waals surface area contributed by atoms with E-state index in [1.165, 1.54) is 6.33 Å². The van der Waals surface area contributed by atoms with Gasteiger partial charge in [0.15, 0.2) is 0 Å². The molecule has 9 nitrogen and oxygen atoms in total. The van der Waals surface area contributed by atoms with Crippen LogP contribution in [0.2, 0.25) is 0 Å². The summed E-state index contributed by atoms with van der Waals surface area (Å²) in [5.41, 5.74) is 1.65. The Balaban J connectivity index is 1.29. The third kappa shape index (κ3) is 5.37. The lowest BCUT2D eigenvalue weighted by Gasteiger charge is -2.35. The van der Waals surface area contributed by atoms with Gasteiger partial charge in [-0.15, -0.1) is 0 Å². The van der Waals surface area contributed by atoms with Gasteiger partial charge in [-0.2, -0.15) is 0 Å². The Labute approximate surface area is 186 Å². The van der Waals surface area contributed by atoms with Crippen molar-refractivity contribution in [1.29, 1.82) is 0 Å². The van der Waals surface area contributed by atoms with Crippen LogP contribution in [-0.2, 0) is 4.79 Å². The quantitative estimate of drug-likeness (QED) is 0.615. The van der Waals surface area contributed by atoms with E-state index in [0.717, 1.165) is 17.2 Å². The predicted molar refractivity (Wildman–Crippen MR) is 122 cm³/mol. The van der Waals surface area contributed by atoms with Gasteiger partial charge in [-0.25, -0.2) is 15.0 Å². The first-order chi connectivity index (χ1) is 15.6. The third-order valence-electron chi connectivity index (χ3n) is 5.22. The number of pyridine rings is 1. The molecule has 2 N–H and O–H groups in total. The van der Waals surface area contributed by atoms with Crippen LogP contribution in [0.25, 0.3) is 0 Å². The summed E-state index contributed by atoms with van der Waals surface area (Å²) in [5.74, 6) is 1.84. The second kappa shape index (κ2) is 9.86. The molecule has 0 atom stereocenters. The van der Waals surface area contributed by atoms with Gasteiger partial charge in [0.25, 0.3) is 5.91 Å². The average molecular weight is 432 g/mol. The Bertz CT molecular complexity index is 1080. The molecule has 2 aromatic heterocycles. The van der Waals surface area contributed by atoms with Crippen molar-refractivity contribution in [2.24, 2.45) is 0 Å². The lowest BCUT2D eigenvalue weighted by atomic mass is 10.2. The third-order valence-corrected chi connectivity index (χ3v) is 5.22. The zero-order valence-electron chi connectivity index (χ0n) is 17.9. The molecule has 1 saturated heterocycles. The van der Waals surface area contributed by atoms with E-state index in [9.17, 15) is 9.59 Å². The number of carbonyl (C=O) groups is 2. The highest BCUT2D eigenvalue weighted by atomic mass is 16.2. The van der Waals surface area contributed by atoms with Crippen molar-refractivity contribution in [3.63, 3.8) is 0 Å². The predicted octanol–water partition coefficient (Wildman–Crippen LogP) is 2.00. The number of aromatic nitrogens is 3. The van der Waals surface area contributed by atoms with Crippen LogP contribution >= 0.6 is 0 Å². The summed E-state index contributed by atoms with van der Waals surface area (Å²) >= 11 is 0. The lowest BCUT2D eigenvalue weighted by Crippen LogP contribution is -2.51. The molecule has 164 valence electrons. The Morgan fingerprint density at radius 2 is 1.69 bits per heavy atom. The molecule has 0 spiro atoms. The van der Waals surface area contributed by atoms with Gasteiger partial charge >= 0.3 is 0 Å². The van der Waals surface area contributed by atoms with E-state index in [-0.39, 0.29) is 18.4 Å². The van der Waals surface area contributed by atoms with Gasteiger partial charge in [-0.05, 0) is 36.8 Å². The molecule has 0 bridgehead atoms. The van der Waals surface area contributed by atoms with Gasteiger partial charge in [-0.3, -0.25) is 9.59 Å². The second-order valence-corrected chi connectivity index (χ2v) is 7.52. The normalized spacial score (nSPS) is 13.5. The second-order valence-electron chi connectivity index (χ2n) is 7.52. The van der Waals surface area contributed by atoms with Gasteiger partial charge in [0.2, 0.25) is 5.91 Å². The molecule has 1 aliphatic heterocycles. The van der Waals surface area contributed by atoms with Crippen molar-refractivity contribution in [1.82, 2.24) is 25.2 Å². The van der Waals surface area contributed by atoms with Gasteiger partial charge < -0.3 is 20.4 Å². The Morgan fingerprint density at radius 1 is 0.938 bits per heavy atom. The number of rotatable bonds is 6. The molecule has 1 aromatic carbocycles. The number of benzene rings is 1.